The van der Waals surface area contributed by atoms with Crippen LogP contribution in [0.4, 0.5) is 15.9 Å². The average molecular weight is 491 g/mol. The normalized spacial score (nSPS) is 11.9. The van der Waals surface area contributed by atoms with E-state index in [-0.39, 0.29) is 18.7 Å². The van der Waals surface area contributed by atoms with Crippen molar-refractivity contribution in [2.45, 2.75) is 52.1 Å². The van der Waals surface area contributed by atoms with Crippen LogP contribution in [0.1, 0.15) is 50.8 Å². The molecule has 1 heterocycles. The molecule has 36 heavy (non-hydrogen) atoms. The molecule has 7 nitrogen and oxygen atoms in total. The second-order valence-electron chi connectivity index (χ2n) is 9.56. The van der Waals surface area contributed by atoms with Crippen LogP contribution < -0.4 is 15.5 Å². The molecule has 0 aliphatic heterocycles. The zero-order valence-electron chi connectivity index (χ0n) is 20.9. The van der Waals surface area contributed by atoms with E-state index < -0.39 is 29.2 Å². The number of carbonyl (C=O) groups is 3. The minimum atomic E-state index is -1.07. The Kier molecular flexibility index (Phi) is 8.53. The van der Waals surface area contributed by atoms with E-state index in [4.69, 9.17) is 0 Å². The number of aryl methyl sites for hydroxylation is 1. The van der Waals surface area contributed by atoms with Crippen LogP contribution in [0.5, 0.6) is 0 Å². The van der Waals surface area contributed by atoms with Crippen LogP contribution in [0.25, 0.3) is 0 Å². The molecule has 0 aliphatic rings. The predicted octanol–water partition coefficient (Wildman–Crippen LogP) is 4.94. The van der Waals surface area contributed by atoms with Crippen LogP contribution in [0, 0.1) is 12.7 Å². The van der Waals surface area contributed by atoms with Crippen molar-refractivity contribution in [3.05, 3.63) is 89.9 Å². The molecule has 188 valence electrons. The summed E-state index contributed by atoms with van der Waals surface area (Å²) in [6, 6.07) is 16.8. The lowest BCUT2D eigenvalue weighted by molar-refractivity contribution is -0.128. The summed E-state index contributed by atoms with van der Waals surface area (Å²) in [7, 11) is 0. The minimum absolute atomic E-state index is 0.102. The number of halogens is 1. The van der Waals surface area contributed by atoms with E-state index in [1.54, 1.807) is 42.6 Å². The summed E-state index contributed by atoms with van der Waals surface area (Å²) >= 11 is 0. The van der Waals surface area contributed by atoms with E-state index in [9.17, 15) is 18.8 Å². The molecule has 3 aromatic rings. The monoisotopic (exact) mass is 490 g/mol. The third kappa shape index (κ3) is 7.46. The molecule has 3 amide bonds. The van der Waals surface area contributed by atoms with Gasteiger partial charge >= 0.3 is 0 Å². The highest BCUT2D eigenvalue weighted by molar-refractivity contribution is 6.03. The number of aromatic nitrogens is 1. The number of nitrogens with one attached hydrogen (secondary N) is 2. The molecule has 1 atom stereocenters. The standard InChI is InChI=1S/C28H31FN4O3/c1-19-8-7-9-22(18-19)33(25(35)16-15-24(34)31-23-10-5-6-17-30-23)26(27(36)32-28(2,3)4)20-11-13-21(29)14-12-20/h5-14,17-18,26H,15-16H2,1-4H3,(H,32,36)(H,30,31,34)/t26-/m0/s1. The first kappa shape index (κ1) is 26.5. The number of benzene rings is 2. The zero-order valence-corrected chi connectivity index (χ0v) is 20.9. The van der Waals surface area contributed by atoms with Gasteiger partial charge in [0.1, 0.15) is 17.7 Å². The van der Waals surface area contributed by atoms with Gasteiger partial charge in [0.05, 0.1) is 0 Å². The Labute approximate surface area is 210 Å². The van der Waals surface area contributed by atoms with E-state index in [0.717, 1.165) is 5.56 Å². The number of nitrogens with zero attached hydrogens (tertiary/aromatic N) is 2. The first-order chi connectivity index (χ1) is 17.0. The molecule has 0 aliphatic carbocycles. The molecule has 2 aromatic carbocycles. The van der Waals surface area contributed by atoms with Crippen LogP contribution in [0.15, 0.2) is 72.9 Å². The molecular weight excluding hydrogens is 459 g/mol. The summed E-state index contributed by atoms with van der Waals surface area (Å²) < 4.78 is 13.7. The molecule has 0 radical (unpaired) electrons. The number of hydrogen-bond donors (Lipinski definition) is 2. The fourth-order valence-electron chi connectivity index (χ4n) is 3.70. The molecule has 0 saturated heterocycles. The molecule has 0 unspecified atom stereocenters. The van der Waals surface area contributed by atoms with E-state index in [1.807, 2.05) is 33.8 Å². The molecule has 0 saturated carbocycles. The Morgan fingerprint density at radius 3 is 2.31 bits per heavy atom. The molecular formula is C28H31FN4O3. The lowest BCUT2D eigenvalue weighted by Gasteiger charge is -2.34. The highest BCUT2D eigenvalue weighted by Gasteiger charge is 2.34. The Balaban J connectivity index is 1.95. The molecule has 0 fully saturated rings. The maximum Gasteiger partial charge on any atom is 0.248 e. The minimum Gasteiger partial charge on any atom is -0.349 e. The number of carbonyl (C=O) groups excluding carboxylic acids is 3. The van der Waals surface area contributed by atoms with Gasteiger partial charge in [-0.2, -0.15) is 0 Å². The Morgan fingerprint density at radius 2 is 1.69 bits per heavy atom. The van der Waals surface area contributed by atoms with Crippen molar-refractivity contribution in [3.63, 3.8) is 0 Å². The fraction of sp³-hybridized carbons (Fsp3) is 0.286. The summed E-state index contributed by atoms with van der Waals surface area (Å²) in [4.78, 5) is 45.1. The van der Waals surface area contributed by atoms with Gasteiger partial charge in [0, 0.05) is 30.3 Å². The van der Waals surface area contributed by atoms with Gasteiger partial charge in [-0.25, -0.2) is 9.37 Å². The SMILES string of the molecule is Cc1cccc(N(C(=O)CCC(=O)Nc2ccccn2)[C@H](C(=O)NC(C)(C)C)c2ccc(F)cc2)c1. The van der Waals surface area contributed by atoms with Crippen molar-refractivity contribution < 1.29 is 18.8 Å². The van der Waals surface area contributed by atoms with Gasteiger partial charge in [0.15, 0.2) is 0 Å². The number of amides is 3. The number of anilines is 2. The summed E-state index contributed by atoms with van der Waals surface area (Å²) in [5.74, 6) is -1.27. The van der Waals surface area contributed by atoms with Crippen molar-refractivity contribution in [1.29, 1.82) is 0 Å². The quantitative estimate of drug-likeness (QED) is 0.468. The van der Waals surface area contributed by atoms with E-state index in [2.05, 4.69) is 15.6 Å². The average Bonchev–Trinajstić information content (AvgIpc) is 2.81. The summed E-state index contributed by atoms with van der Waals surface area (Å²) in [6.45, 7) is 7.41. The van der Waals surface area contributed by atoms with Crippen molar-refractivity contribution in [2.24, 2.45) is 0 Å². The van der Waals surface area contributed by atoms with Crippen LogP contribution >= 0.6 is 0 Å². The topological polar surface area (TPSA) is 91.4 Å². The first-order valence-corrected chi connectivity index (χ1v) is 11.7. The number of hydrogen-bond acceptors (Lipinski definition) is 4. The molecule has 1 aromatic heterocycles. The number of pyridine rings is 1. The summed E-state index contributed by atoms with van der Waals surface area (Å²) in [6.07, 6.45) is 1.31. The maximum atomic E-state index is 13.7. The smallest absolute Gasteiger partial charge is 0.248 e. The fourth-order valence-corrected chi connectivity index (χ4v) is 3.70. The van der Waals surface area contributed by atoms with Crippen molar-refractivity contribution >= 4 is 29.2 Å². The van der Waals surface area contributed by atoms with Gasteiger partial charge < -0.3 is 10.6 Å². The van der Waals surface area contributed by atoms with E-state index >= 15 is 0 Å². The van der Waals surface area contributed by atoms with E-state index in [0.29, 0.717) is 17.1 Å². The largest absolute Gasteiger partial charge is 0.349 e. The van der Waals surface area contributed by atoms with Gasteiger partial charge in [-0.3, -0.25) is 19.3 Å². The molecule has 3 rings (SSSR count). The van der Waals surface area contributed by atoms with E-state index in [1.165, 1.54) is 29.2 Å². The Bertz CT molecular complexity index is 1210. The molecule has 2 N–H and O–H groups in total. The van der Waals surface area contributed by atoms with Crippen LogP contribution in [-0.2, 0) is 14.4 Å². The molecule has 8 heteroatoms. The van der Waals surface area contributed by atoms with Crippen LogP contribution in [-0.4, -0.2) is 28.2 Å². The summed E-state index contributed by atoms with van der Waals surface area (Å²) in [5.41, 5.74) is 1.28. The molecule has 0 bridgehead atoms. The first-order valence-electron chi connectivity index (χ1n) is 11.7. The Morgan fingerprint density at radius 1 is 0.972 bits per heavy atom. The number of rotatable bonds is 8. The van der Waals surface area contributed by atoms with Gasteiger partial charge in [-0.15, -0.1) is 0 Å². The third-order valence-corrected chi connectivity index (χ3v) is 5.24. The zero-order chi connectivity index (χ0) is 26.3. The van der Waals surface area contributed by atoms with Crippen molar-refractivity contribution in [1.82, 2.24) is 10.3 Å². The maximum absolute atomic E-state index is 13.7. The highest BCUT2D eigenvalue weighted by atomic mass is 19.1. The Hall–Kier alpha value is -4.07. The van der Waals surface area contributed by atoms with Crippen LogP contribution in [0.3, 0.4) is 0 Å². The second kappa shape index (κ2) is 11.6. The second-order valence-corrected chi connectivity index (χ2v) is 9.56. The highest BCUT2D eigenvalue weighted by Crippen LogP contribution is 2.30. The lowest BCUT2D eigenvalue weighted by Crippen LogP contribution is -2.49. The van der Waals surface area contributed by atoms with Gasteiger partial charge in [-0.05, 0) is 75.2 Å². The van der Waals surface area contributed by atoms with Crippen molar-refractivity contribution in [3.8, 4) is 0 Å². The molecule has 0 spiro atoms. The predicted molar refractivity (Wildman–Crippen MR) is 138 cm³/mol. The lowest BCUT2D eigenvalue weighted by atomic mass is 10.00. The van der Waals surface area contributed by atoms with Crippen molar-refractivity contribution in [2.75, 3.05) is 10.2 Å². The van der Waals surface area contributed by atoms with Crippen LogP contribution in [0.2, 0.25) is 0 Å². The van der Waals surface area contributed by atoms with Gasteiger partial charge in [0.25, 0.3) is 0 Å². The van der Waals surface area contributed by atoms with Gasteiger partial charge in [0.2, 0.25) is 17.7 Å². The van der Waals surface area contributed by atoms with Gasteiger partial charge in [-0.1, -0.05) is 30.3 Å². The third-order valence-electron chi connectivity index (χ3n) is 5.24. The summed E-state index contributed by atoms with van der Waals surface area (Å²) in [5, 5.41) is 5.60.